The van der Waals surface area contributed by atoms with Gasteiger partial charge in [0.15, 0.2) is 0 Å². The van der Waals surface area contributed by atoms with E-state index < -0.39 is 0 Å². The van der Waals surface area contributed by atoms with E-state index in [0.29, 0.717) is 43.4 Å². The second-order valence-electron chi connectivity index (χ2n) is 5.93. The van der Waals surface area contributed by atoms with Gasteiger partial charge in [-0.15, -0.1) is 0 Å². The molecular weight excluding hydrogens is 358 g/mol. The average molecular weight is 385 g/mol. The number of carbonyl (C=O) groups is 2. The zero-order valence-electron chi connectivity index (χ0n) is 16.3. The predicted octanol–water partition coefficient (Wildman–Crippen LogP) is 3.50. The highest BCUT2D eigenvalue weighted by Crippen LogP contribution is 2.23. The summed E-state index contributed by atoms with van der Waals surface area (Å²) in [6.07, 6.45) is 0.409. The Kier molecular flexibility index (Phi) is 8.81. The topological polar surface area (TPSA) is 88.7 Å². The molecule has 0 aromatic heterocycles. The van der Waals surface area contributed by atoms with Crippen molar-refractivity contribution in [3.8, 4) is 5.75 Å². The van der Waals surface area contributed by atoms with Gasteiger partial charge in [0.2, 0.25) is 11.8 Å². The summed E-state index contributed by atoms with van der Waals surface area (Å²) in [7, 11) is 0. The molecule has 0 bridgehead atoms. The number of ether oxygens (including phenoxy) is 2. The van der Waals surface area contributed by atoms with Crippen molar-refractivity contribution in [3.05, 3.63) is 48.5 Å². The summed E-state index contributed by atoms with van der Waals surface area (Å²) < 4.78 is 10.9. The van der Waals surface area contributed by atoms with Crippen LogP contribution in [0.1, 0.15) is 20.3 Å². The molecule has 0 fully saturated rings. The van der Waals surface area contributed by atoms with Crippen LogP contribution in [0, 0.1) is 0 Å². The molecule has 0 aliphatic heterocycles. The number of carbonyl (C=O) groups excluding carboxylic acids is 2. The number of rotatable bonds is 11. The van der Waals surface area contributed by atoms with Crippen LogP contribution in [0.4, 0.5) is 17.1 Å². The van der Waals surface area contributed by atoms with Crippen LogP contribution in [0.5, 0.6) is 5.75 Å². The Morgan fingerprint density at radius 3 is 2.46 bits per heavy atom. The lowest BCUT2D eigenvalue weighted by molar-refractivity contribution is -0.116. The summed E-state index contributed by atoms with van der Waals surface area (Å²) in [4.78, 5) is 23.8. The molecule has 0 heterocycles. The highest BCUT2D eigenvalue weighted by Gasteiger charge is 2.08. The lowest BCUT2D eigenvalue weighted by Gasteiger charge is -2.13. The first-order valence-corrected chi connectivity index (χ1v) is 9.35. The number of nitrogens with one attached hydrogen (secondary N) is 3. The molecule has 7 nitrogen and oxygen atoms in total. The maximum absolute atomic E-state index is 12.3. The molecule has 0 aliphatic rings. The Labute approximate surface area is 165 Å². The normalized spacial score (nSPS) is 10.2. The summed E-state index contributed by atoms with van der Waals surface area (Å²) >= 11 is 0. The molecule has 0 saturated carbocycles. The lowest BCUT2D eigenvalue weighted by Crippen LogP contribution is -2.22. The quantitative estimate of drug-likeness (QED) is 0.515. The van der Waals surface area contributed by atoms with Crippen LogP contribution >= 0.6 is 0 Å². The van der Waals surface area contributed by atoms with Gasteiger partial charge in [-0.25, -0.2) is 0 Å². The van der Waals surface area contributed by atoms with Gasteiger partial charge in [-0.2, -0.15) is 0 Å². The van der Waals surface area contributed by atoms with E-state index in [-0.39, 0.29) is 18.4 Å². The van der Waals surface area contributed by atoms with Crippen LogP contribution in [0.3, 0.4) is 0 Å². The molecule has 0 atom stereocenters. The summed E-state index contributed by atoms with van der Waals surface area (Å²) in [6, 6.07) is 14.5. The maximum atomic E-state index is 12.3. The van der Waals surface area contributed by atoms with Gasteiger partial charge in [-0.1, -0.05) is 25.1 Å². The maximum Gasteiger partial charge on any atom is 0.243 e. The molecule has 0 unspecified atom stereocenters. The van der Waals surface area contributed by atoms with Gasteiger partial charge < -0.3 is 25.4 Å². The van der Waals surface area contributed by atoms with E-state index in [1.165, 1.54) is 0 Å². The third kappa shape index (κ3) is 7.28. The Morgan fingerprint density at radius 2 is 1.68 bits per heavy atom. The summed E-state index contributed by atoms with van der Waals surface area (Å²) in [5, 5.41) is 8.68. The van der Waals surface area contributed by atoms with Crippen LogP contribution in [-0.4, -0.2) is 38.2 Å². The van der Waals surface area contributed by atoms with Gasteiger partial charge in [-0.05, 0) is 37.3 Å². The number of hydrogen-bond acceptors (Lipinski definition) is 5. The fraction of sp³-hybridized carbons (Fsp3) is 0.333. The van der Waals surface area contributed by atoms with E-state index in [1.807, 2.05) is 31.2 Å². The van der Waals surface area contributed by atoms with Gasteiger partial charge in [0.05, 0.1) is 18.8 Å². The van der Waals surface area contributed by atoms with Gasteiger partial charge in [0, 0.05) is 24.4 Å². The largest absolute Gasteiger partial charge is 0.489 e. The first kappa shape index (κ1) is 21.2. The van der Waals surface area contributed by atoms with E-state index in [0.717, 1.165) is 5.69 Å². The average Bonchev–Trinajstić information content (AvgIpc) is 2.71. The molecule has 3 N–H and O–H groups in total. The number of para-hydroxylation sites is 2. The zero-order valence-corrected chi connectivity index (χ0v) is 16.3. The van der Waals surface area contributed by atoms with Crippen LogP contribution in [0.2, 0.25) is 0 Å². The van der Waals surface area contributed by atoms with Gasteiger partial charge in [0.25, 0.3) is 0 Å². The van der Waals surface area contributed by atoms with E-state index in [1.54, 1.807) is 31.2 Å². The summed E-state index contributed by atoms with van der Waals surface area (Å²) in [5.74, 6) is 0.333. The van der Waals surface area contributed by atoms with Crippen molar-refractivity contribution < 1.29 is 19.1 Å². The van der Waals surface area contributed by atoms with E-state index >= 15 is 0 Å². The van der Waals surface area contributed by atoms with Crippen molar-refractivity contribution >= 4 is 28.9 Å². The molecule has 0 saturated heterocycles. The molecule has 7 heteroatoms. The van der Waals surface area contributed by atoms with Gasteiger partial charge >= 0.3 is 0 Å². The SMILES string of the molecule is CCOCCOc1ccccc1NC(=O)CNc1cccc(NC(=O)CC)c1. The standard InChI is InChI=1S/C21H27N3O4/c1-3-20(25)23-17-9-7-8-16(14-17)22-15-21(26)24-18-10-5-6-11-19(18)28-13-12-27-4-2/h5-11,14,22H,3-4,12-13,15H2,1-2H3,(H,23,25)(H,24,26). The molecule has 0 aliphatic carbocycles. The van der Waals surface area contributed by atoms with Crippen molar-refractivity contribution in [2.24, 2.45) is 0 Å². The van der Waals surface area contributed by atoms with Crippen molar-refractivity contribution in [1.29, 1.82) is 0 Å². The Morgan fingerprint density at radius 1 is 0.893 bits per heavy atom. The molecule has 0 spiro atoms. The van der Waals surface area contributed by atoms with Crippen LogP contribution in [0.15, 0.2) is 48.5 Å². The molecule has 2 amide bonds. The summed E-state index contributed by atoms with van der Waals surface area (Å²) in [5.41, 5.74) is 2.03. The molecule has 2 aromatic carbocycles. The van der Waals surface area contributed by atoms with E-state index in [2.05, 4.69) is 16.0 Å². The van der Waals surface area contributed by atoms with Crippen molar-refractivity contribution in [2.75, 3.05) is 42.3 Å². The number of amides is 2. The molecule has 28 heavy (non-hydrogen) atoms. The number of hydrogen-bond donors (Lipinski definition) is 3. The van der Waals surface area contributed by atoms with Crippen molar-refractivity contribution in [1.82, 2.24) is 0 Å². The molecule has 0 radical (unpaired) electrons. The molecule has 2 rings (SSSR count). The second kappa shape index (κ2) is 11.6. The minimum atomic E-state index is -0.205. The third-order valence-electron chi connectivity index (χ3n) is 3.77. The predicted molar refractivity (Wildman–Crippen MR) is 111 cm³/mol. The fourth-order valence-electron chi connectivity index (χ4n) is 2.38. The molecular formula is C21H27N3O4. The Bertz CT molecular complexity index is 780. The molecule has 2 aromatic rings. The molecule has 150 valence electrons. The highest BCUT2D eigenvalue weighted by atomic mass is 16.5. The van der Waals surface area contributed by atoms with Crippen LogP contribution in [0.25, 0.3) is 0 Å². The lowest BCUT2D eigenvalue weighted by atomic mass is 10.2. The number of benzene rings is 2. The second-order valence-corrected chi connectivity index (χ2v) is 5.93. The van der Waals surface area contributed by atoms with Crippen LogP contribution in [-0.2, 0) is 14.3 Å². The van der Waals surface area contributed by atoms with Crippen LogP contribution < -0.4 is 20.7 Å². The van der Waals surface area contributed by atoms with Gasteiger partial charge in [-0.3, -0.25) is 9.59 Å². The smallest absolute Gasteiger partial charge is 0.243 e. The van der Waals surface area contributed by atoms with Gasteiger partial charge in [0.1, 0.15) is 12.4 Å². The zero-order chi connectivity index (χ0) is 20.2. The van der Waals surface area contributed by atoms with E-state index in [9.17, 15) is 9.59 Å². The first-order chi connectivity index (χ1) is 13.6. The Hall–Kier alpha value is -3.06. The number of anilines is 3. The van der Waals surface area contributed by atoms with Crippen molar-refractivity contribution in [3.63, 3.8) is 0 Å². The van der Waals surface area contributed by atoms with Crippen molar-refractivity contribution in [2.45, 2.75) is 20.3 Å². The monoisotopic (exact) mass is 385 g/mol. The Balaban J connectivity index is 1.87. The van der Waals surface area contributed by atoms with E-state index in [4.69, 9.17) is 9.47 Å². The fourth-order valence-corrected chi connectivity index (χ4v) is 2.38. The minimum Gasteiger partial charge on any atom is -0.489 e. The highest BCUT2D eigenvalue weighted by molar-refractivity contribution is 5.95. The summed E-state index contributed by atoms with van der Waals surface area (Å²) in [6.45, 7) is 5.34. The third-order valence-corrected chi connectivity index (χ3v) is 3.77. The minimum absolute atomic E-state index is 0.0594. The first-order valence-electron chi connectivity index (χ1n) is 9.35.